The average molecular weight is 223 g/mol. The summed E-state index contributed by atoms with van der Waals surface area (Å²) < 4.78 is 4.98. The Hall–Kier alpha value is -1.36. The first-order valence-corrected chi connectivity index (χ1v) is 5.58. The molecule has 1 saturated heterocycles. The number of carbonyl (C=O) groups is 1. The summed E-state index contributed by atoms with van der Waals surface area (Å²) in [5.74, 6) is 0.236. The number of nitrogens with two attached hydrogens (primary N) is 1. The molecule has 1 aromatic rings. The zero-order valence-electron chi connectivity index (χ0n) is 9.64. The van der Waals surface area contributed by atoms with Gasteiger partial charge in [-0.25, -0.2) is 0 Å². The van der Waals surface area contributed by atoms with Gasteiger partial charge < -0.3 is 15.2 Å². The van der Waals surface area contributed by atoms with Crippen molar-refractivity contribution in [2.45, 2.75) is 38.8 Å². The SMILES string of the molecule is Cc1cc(C(=O)N2CCC(N)CC2C)on1. The Morgan fingerprint density at radius 1 is 1.69 bits per heavy atom. The van der Waals surface area contributed by atoms with Crippen molar-refractivity contribution in [3.05, 3.63) is 17.5 Å². The molecule has 5 nitrogen and oxygen atoms in total. The van der Waals surface area contributed by atoms with E-state index in [1.54, 1.807) is 13.0 Å². The normalized spacial score (nSPS) is 25.8. The fourth-order valence-electron chi connectivity index (χ4n) is 2.12. The summed E-state index contributed by atoms with van der Waals surface area (Å²) in [5, 5.41) is 3.73. The van der Waals surface area contributed by atoms with Crippen molar-refractivity contribution in [1.82, 2.24) is 10.1 Å². The fourth-order valence-corrected chi connectivity index (χ4v) is 2.12. The third kappa shape index (κ3) is 2.09. The van der Waals surface area contributed by atoms with Gasteiger partial charge in [0.1, 0.15) is 0 Å². The van der Waals surface area contributed by atoms with Crippen molar-refractivity contribution < 1.29 is 9.32 Å². The summed E-state index contributed by atoms with van der Waals surface area (Å²) in [5.41, 5.74) is 6.58. The van der Waals surface area contributed by atoms with Crippen molar-refractivity contribution in [2.24, 2.45) is 5.73 Å². The number of piperidine rings is 1. The molecule has 0 saturated carbocycles. The molecule has 0 aromatic carbocycles. The molecule has 0 bridgehead atoms. The molecule has 1 aliphatic rings. The fraction of sp³-hybridized carbons (Fsp3) is 0.636. The molecule has 2 atom stereocenters. The number of aromatic nitrogens is 1. The third-order valence-corrected chi connectivity index (χ3v) is 3.02. The minimum absolute atomic E-state index is 0.0833. The molecule has 0 aliphatic carbocycles. The number of carbonyl (C=O) groups excluding carboxylic acids is 1. The highest BCUT2D eigenvalue weighted by Gasteiger charge is 2.29. The van der Waals surface area contributed by atoms with Crippen LogP contribution in [0.2, 0.25) is 0 Å². The van der Waals surface area contributed by atoms with E-state index in [9.17, 15) is 4.79 Å². The minimum Gasteiger partial charge on any atom is -0.351 e. The van der Waals surface area contributed by atoms with Crippen LogP contribution in [-0.2, 0) is 0 Å². The molecule has 88 valence electrons. The number of nitrogens with zero attached hydrogens (tertiary/aromatic N) is 2. The third-order valence-electron chi connectivity index (χ3n) is 3.02. The highest BCUT2D eigenvalue weighted by Crippen LogP contribution is 2.19. The van der Waals surface area contributed by atoms with E-state index in [2.05, 4.69) is 5.16 Å². The highest BCUT2D eigenvalue weighted by atomic mass is 16.5. The Kier molecular flexibility index (Phi) is 2.96. The zero-order valence-corrected chi connectivity index (χ0v) is 9.64. The molecule has 2 heterocycles. The van der Waals surface area contributed by atoms with Crippen molar-refractivity contribution in [2.75, 3.05) is 6.54 Å². The van der Waals surface area contributed by atoms with Gasteiger partial charge in [0, 0.05) is 24.7 Å². The van der Waals surface area contributed by atoms with Gasteiger partial charge in [-0.1, -0.05) is 5.16 Å². The van der Waals surface area contributed by atoms with Gasteiger partial charge in [-0.15, -0.1) is 0 Å². The van der Waals surface area contributed by atoms with E-state index in [1.807, 2.05) is 11.8 Å². The van der Waals surface area contributed by atoms with Crippen LogP contribution in [0.5, 0.6) is 0 Å². The second-order valence-electron chi connectivity index (χ2n) is 4.46. The first-order valence-electron chi connectivity index (χ1n) is 5.58. The summed E-state index contributed by atoms with van der Waals surface area (Å²) in [6, 6.07) is 2.04. The molecule has 1 aromatic heterocycles. The molecule has 2 rings (SSSR count). The van der Waals surface area contributed by atoms with Crippen LogP contribution in [0.15, 0.2) is 10.6 Å². The van der Waals surface area contributed by atoms with E-state index in [4.69, 9.17) is 10.3 Å². The van der Waals surface area contributed by atoms with Crippen LogP contribution in [0.4, 0.5) is 0 Å². The summed E-state index contributed by atoms with van der Waals surface area (Å²) in [6.07, 6.45) is 1.70. The van der Waals surface area contributed by atoms with Gasteiger partial charge in [-0.2, -0.15) is 0 Å². The second kappa shape index (κ2) is 4.25. The van der Waals surface area contributed by atoms with Crippen LogP contribution in [0.25, 0.3) is 0 Å². The maximum atomic E-state index is 12.1. The van der Waals surface area contributed by atoms with Gasteiger partial charge in [-0.05, 0) is 26.7 Å². The molecule has 2 unspecified atom stereocenters. The Labute approximate surface area is 94.6 Å². The molecular formula is C11H17N3O2. The first kappa shape index (κ1) is 11.1. The largest absolute Gasteiger partial charge is 0.351 e. The van der Waals surface area contributed by atoms with Crippen LogP contribution in [0, 0.1) is 6.92 Å². The second-order valence-corrected chi connectivity index (χ2v) is 4.46. The van der Waals surface area contributed by atoms with E-state index in [0.29, 0.717) is 12.3 Å². The van der Waals surface area contributed by atoms with Crippen LogP contribution in [-0.4, -0.2) is 34.6 Å². The number of hydrogen-bond donors (Lipinski definition) is 1. The Bertz CT molecular complexity index is 388. The van der Waals surface area contributed by atoms with Gasteiger partial charge in [0.15, 0.2) is 0 Å². The van der Waals surface area contributed by atoms with Crippen molar-refractivity contribution in [3.8, 4) is 0 Å². The van der Waals surface area contributed by atoms with Gasteiger partial charge >= 0.3 is 0 Å². The number of rotatable bonds is 1. The lowest BCUT2D eigenvalue weighted by Gasteiger charge is -2.35. The van der Waals surface area contributed by atoms with E-state index < -0.39 is 0 Å². The van der Waals surface area contributed by atoms with Gasteiger partial charge in [0.25, 0.3) is 5.91 Å². The highest BCUT2D eigenvalue weighted by molar-refractivity contribution is 5.91. The molecule has 2 N–H and O–H groups in total. The molecule has 1 fully saturated rings. The maximum absolute atomic E-state index is 12.1. The van der Waals surface area contributed by atoms with E-state index in [1.165, 1.54) is 0 Å². The lowest BCUT2D eigenvalue weighted by molar-refractivity contribution is 0.0577. The maximum Gasteiger partial charge on any atom is 0.292 e. The number of hydrogen-bond acceptors (Lipinski definition) is 4. The molecule has 0 spiro atoms. The summed E-state index contributed by atoms with van der Waals surface area (Å²) in [6.45, 7) is 4.51. The lowest BCUT2D eigenvalue weighted by atomic mass is 9.99. The lowest BCUT2D eigenvalue weighted by Crippen LogP contribution is -2.48. The Balaban J connectivity index is 2.10. The standard InChI is InChI=1S/C11H17N3O2/c1-7-5-10(16-13-7)11(15)14-4-3-9(12)6-8(14)2/h5,8-9H,3-4,6,12H2,1-2H3. The van der Waals surface area contributed by atoms with Crippen molar-refractivity contribution in [3.63, 3.8) is 0 Å². The smallest absolute Gasteiger partial charge is 0.292 e. The van der Waals surface area contributed by atoms with E-state index in [-0.39, 0.29) is 18.0 Å². The van der Waals surface area contributed by atoms with E-state index >= 15 is 0 Å². The van der Waals surface area contributed by atoms with Gasteiger partial charge in [0.05, 0.1) is 5.69 Å². The van der Waals surface area contributed by atoms with E-state index in [0.717, 1.165) is 18.5 Å². The molecular weight excluding hydrogens is 206 g/mol. The Morgan fingerprint density at radius 3 is 3.00 bits per heavy atom. The summed E-state index contributed by atoms with van der Waals surface area (Å²) in [4.78, 5) is 13.9. The topological polar surface area (TPSA) is 72.4 Å². The average Bonchev–Trinajstić information content (AvgIpc) is 2.64. The quantitative estimate of drug-likeness (QED) is 0.768. The van der Waals surface area contributed by atoms with Crippen LogP contribution < -0.4 is 5.73 Å². The van der Waals surface area contributed by atoms with Crippen molar-refractivity contribution >= 4 is 5.91 Å². The van der Waals surface area contributed by atoms with Crippen LogP contribution >= 0.6 is 0 Å². The predicted octanol–water partition coefficient (Wildman–Crippen LogP) is 0.935. The minimum atomic E-state index is -0.0833. The predicted molar refractivity (Wildman–Crippen MR) is 58.9 cm³/mol. The molecule has 1 amide bonds. The molecule has 5 heteroatoms. The number of amides is 1. The zero-order chi connectivity index (χ0) is 11.7. The molecule has 1 aliphatic heterocycles. The summed E-state index contributed by atoms with van der Waals surface area (Å²) >= 11 is 0. The molecule has 16 heavy (non-hydrogen) atoms. The van der Waals surface area contributed by atoms with Crippen LogP contribution in [0.3, 0.4) is 0 Å². The van der Waals surface area contributed by atoms with Crippen molar-refractivity contribution in [1.29, 1.82) is 0 Å². The monoisotopic (exact) mass is 223 g/mol. The van der Waals surface area contributed by atoms with Crippen LogP contribution in [0.1, 0.15) is 36.0 Å². The summed E-state index contributed by atoms with van der Waals surface area (Å²) in [7, 11) is 0. The first-order chi connectivity index (χ1) is 7.58. The van der Waals surface area contributed by atoms with Gasteiger partial charge in [0.2, 0.25) is 5.76 Å². The van der Waals surface area contributed by atoms with Gasteiger partial charge in [-0.3, -0.25) is 4.79 Å². The number of likely N-dealkylation sites (tertiary alicyclic amines) is 1. The number of aryl methyl sites for hydroxylation is 1. The molecule has 0 radical (unpaired) electrons. The Morgan fingerprint density at radius 2 is 2.44 bits per heavy atom.